The lowest BCUT2D eigenvalue weighted by atomic mass is 10.2. The molecule has 2 heterocycles. The molecule has 1 aliphatic rings. The zero-order valence-corrected chi connectivity index (χ0v) is 9.93. The molecule has 0 bridgehead atoms. The minimum absolute atomic E-state index is 0.0467. The molecule has 0 atom stereocenters. The molecule has 0 aliphatic carbocycles. The third-order valence-electron chi connectivity index (χ3n) is 2.63. The van der Waals surface area contributed by atoms with Gasteiger partial charge in [0.25, 0.3) is 0 Å². The van der Waals surface area contributed by atoms with Gasteiger partial charge < -0.3 is 4.74 Å². The second-order valence-electron chi connectivity index (χ2n) is 3.81. The third-order valence-corrected chi connectivity index (χ3v) is 2.86. The molecule has 18 heavy (non-hydrogen) atoms. The number of ether oxygens (including phenoxy) is 1. The highest BCUT2D eigenvalue weighted by Gasteiger charge is 2.37. The summed E-state index contributed by atoms with van der Waals surface area (Å²) in [4.78, 5) is 22.8. The van der Waals surface area contributed by atoms with Crippen LogP contribution in [-0.4, -0.2) is 26.9 Å². The lowest BCUT2D eigenvalue weighted by molar-refractivity contribution is 0.0434. The molecule has 1 aromatic carbocycles. The molecule has 6 nitrogen and oxygen atoms in total. The predicted octanol–water partition coefficient (Wildman–Crippen LogP) is 1.54. The molecule has 0 fully saturated rings. The van der Waals surface area contributed by atoms with E-state index >= 15 is 0 Å². The van der Waals surface area contributed by atoms with Crippen LogP contribution in [0.25, 0.3) is 5.69 Å². The summed E-state index contributed by atoms with van der Waals surface area (Å²) >= 11 is 5.86. The Labute approximate surface area is 106 Å². The Morgan fingerprint density at radius 3 is 2.78 bits per heavy atom. The van der Waals surface area contributed by atoms with Crippen LogP contribution in [-0.2, 0) is 4.74 Å². The van der Waals surface area contributed by atoms with Crippen LogP contribution < -0.4 is 0 Å². The number of carbonyl (C=O) groups excluding carboxylic acids is 2. The number of nitrogens with zero attached hydrogens (tertiary/aromatic N) is 3. The highest BCUT2D eigenvalue weighted by atomic mass is 35.5. The van der Waals surface area contributed by atoms with E-state index in [1.54, 1.807) is 18.2 Å². The summed E-state index contributed by atoms with van der Waals surface area (Å²) < 4.78 is 5.76. The van der Waals surface area contributed by atoms with E-state index < -0.39 is 11.9 Å². The monoisotopic (exact) mass is 263 g/mol. The maximum absolute atomic E-state index is 11.5. The van der Waals surface area contributed by atoms with E-state index in [0.717, 1.165) is 5.56 Å². The largest absolute Gasteiger partial charge is 0.383 e. The molecule has 0 saturated heterocycles. The number of fused-ring (bicyclic) bond motifs is 1. The molecule has 0 amide bonds. The summed E-state index contributed by atoms with van der Waals surface area (Å²) in [6, 6.07) is 5.09. The van der Waals surface area contributed by atoms with Gasteiger partial charge in [0, 0.05) is 5.02 Å². The van der Waals surface area contributed by atoms with Crippen molar-refractivity contribution in [2.75, 3.05) is 0 Å². The van der Waals surface area contributed by atoms with Crippen LogP contribution in [0.15, 0.2) is 18.2 Å². The van der Waals surface area contributed by atoms with E-state index in [1.807, 2.05) is 6.92 Å². The van der Waals surface area contributed by atoms with Crippen LogP contribution >= 0.6 is 11.6 Å². The molecule has 0 N–H and O–H groups in total. The Hall–Kier alpha value is -2.21. The molecule has 1 aromatic heterocycles. The first-order valence-electron chi connectivity index (χ1n) is 5.06. The SMILES string of the molecule is Cc1cc(Cl)ccc1-n1nnc2c1C(=O)OC2=O. The van der Waals surface area contributed by atoms with Crippen molar-refractivity contribution in [3.63, 3.8) is 0 Å². The molecule has 0 radical (unpaired) electrons. The number of halogens is 1. The smallest absolute Gasteiger partial charge is 0.369 e. The van der Waals surface area contributed by atoms with E-state index in [4.69, 9.17) is 11.6 Å². The number of esters is 2. The molecular weight excluding hydrogens is 258 g/mol. The number of carbonyl (C=O) groups is 2. The Bertz CT molecular complexity index is 693. The van der Waals surface area contributed by atoms with Gasteiger partial charge in [-0.15, -0.1) is 5.10 Å². The number of hydrogen-bond donors (Lipinski definition) is 0. The Kier molecular flexibility index (Phi) is 2.21. The fourth-order valence-electron chi connectivity index (χ4n) is 1.81. The second-order valence-corrected chi connectivity index (χ2v) is 4.24. The van der Waals surface area contributed by atoms with Crippen molar-refractivity contribution in [1.82, 2.24) is 15.0 Å². The Balaban J connectivity index is 2.23. The van der Waals surface area contributed by atoms with Crippen molar-refractivity contribution in [1.29, 1.82) is 0 Å². The van der Waals surface area contributed by atoms with Gasteiger partial charge in [0.15, 0.2) is 5.69 Å². The summed E-state index contributed by atoms with van der Waals surface area (Å²) in [5, 5.41) is 8.03. The normalized spacial score (nSPS) is 13.7. The number of benzene rings is 1. The molecule has 1 aliphatic heterocycles. The van der Waals surface area contributed by atoms with Crippen LogP contribution in [0, 0.1) is 6.92 Å². The van der Waals surface area contributed by atoms with Crippen molar-refractivity contribution in [3.05, 3.63) is 40.2 Å². The summed E-state index contributed by atoms with van der Waals surface area (Å²) in [6.45, 7) is 1.82. The number of cyclic esters (lactones) is 2. The van der Waals surface area contributed by atoms with Gasteiger partial charge >= 0.3 is 11.9 Å². The first kappa shape index (κ1) is 10.9. The topological polar surface area (TPSA) is 74.1 Å². The lowest BCUT2D eigenvalue weighted by Gasteiger charge is -2.06. The summed E-state index contributed by atoms with van der Waals surface area (Å²) in [6.07, 6.45) is 0. The van der Waals surface area contributed by atoms with Gasteiger partial charge in [0.1, 0.15) is 0 Å². The van der Waals surface area contributed by atoms with Gasteiger partial charge in [-0.2, -0.15) is 0 Å². The highest BCUT2D eigenvalue weighted by Crippen LogP contribution is 2.24. The number of hydrogen-bond acceptors (Lipinski definition) is 5. The van der Waals surface area contributed by atoms with Crippen LogP contribution in [0.3, 0.4) is 0 Å². The fourth-order valence-corrected chi connectivity index (χ4v) is 2.04. The second kappa shape index (κ2) is 3.64. The van der Waals surface area contributed by atoms with Crippen molar-refractivity contribution in [2.45, 2.75) is 6.92 Å². The number of aromatic nitrogens is 3. The number of rotatable bonds is 1. The van der Waals surface area contributed by atoms with Gasteiger partial charge in [0.05, 0.1) is 5.69 Å². The Morgan fingerprint density at radius 1 is 1.28 bits per heavy atom. The minimum atomic E-state index is -0.770. The molecular formula is C11H6ClN3O3. The first-order valence-corrected chi connectivity index (χ1v) is 5.44. The summed E-state index contributed by atoms with van der Waals surface area (Å²) in [7, 11) is 0. The van der Waals surface area contributed by atoms with Crippen molar-refractivity contribution in [2.24, 2.45) is 0 Å². The van der Waals surface area contributed by atoms with Gasteiger partial charge in [-0.3, -0.25) is 0 Å². The zero-order valence-electron chi connectivity index (χ0n) is 9.18. The first-order chi connectivity index (χ1) is 8.58. The van der Waals surface area contributed by atoms with Gasteiger partial charge in [-0.05, 0) is 30.7 Å². The Morgan fingerprint density at radius 2 is 2.06 bits per heavy atom. The average Bonchev–Trinajstić information content (AvgIpc) is 2.83. The highest BCUT2D eigenvalue weighted by molar-refractivity contribution is 6.30. The van der Waals surface area contributed by atoms with Gasteiger partial charge in [-0.25, -0.2) is 14.3 Å². The summed E-state index contributed by atoms with van der Waals surface area (Å²) in [5.41, 5.74) is 1.42. The van der Waals surface area contributed by atoms with Crippen LogP contribution in [0.2, 0.25) is 5.02 Å². The maximum Gasteiger partial charge on any atom is 0.369 e. The zero-order chi connectivity index (χ0) is 12.9. The van der Waals surface area contributed by atoms with E-state index in [0.29, 0.717) is 10.7 Å². The van der Waals surface area contributed by atoms with E-state index in [-0.39, 0.29) is 11.4 Å². The maximum atomic E-state index is 11.5. The predicted molar refractivity (Wildman–Crippen MR) is 60.9 cm³/mol. The molecule has 0 unspecified atom stereocenters. The fraction of sp³-hybridized carbons (Fsp3) is 0.0909. The molecule has 0 saturated carbocycles. The summed E-state index contributed by atoms with van der Waals surface area (Å²) in [5.74, 6) is -1.51. The van der Waals surface area contributed by atoms with E-state index in [2.05, 4.69) is 15.0 Å². The van der Waals surface area contributed by atoms with Crippen molar-refractivity contribution in [3.8, 4) is 5.69 Å². The molecule has 0 spiro atoms. The third kappa shape index (κ3) is 1.42. The standard InChI is InChI=1S/C11H6ClN3O3/c1-5-4-6(12)2-3-7(5)15-9-8(13-14-15)10(16)18-11(9)17/h2-4H,1H3. The molecule has 2 aromatic rings. The quantitative estimate of drug-likeness (QED) is 0.576. The minimum Gasteiger partial charge on any atom is -0.383 e. The van der Waals surface area contributed by atoms with E-state index in [9.17, 15) is 9.59 Å². The van der Waals surface area contributed by atoms with Crippen LogP contribution in [0.1, 0.15) is 26.5 Å². The van der Waals surface area contributed by atoms with Gasteiger partial charge in [0.2, 0.25) is 5.69 Å². The van der Waals surface area contributed by atoms with Crippen LogP contribution in [0.4, 0.5) is 0 Å². The molecule has 7 heteroatoms. The van der Waals surface area contributed by atoms with Crippen molar-refractivity contribution >= 4 is 23.5 Å². The van der Waals surface area contributed by atoms with Crippen LogP contribution in [0.5, 0.6) is 0 Å². The lowest BCUT2D eigenvalue weighted by Crippen LogP contribution is -2.09. The van der Waals surface area contributed by atoms with Gasteiger partial charge in [-0.1, -0.05) is 16.8 Å². The van der Waals surface area contributed by atoms with E-state index in [1.165, 1.54) is 4.68 Å². The average molecular weight is 264 g/mol. The van der Waals surface area contributed by atoms with Crippen molar-refractivity contribution < 1.29 is 14.3 Å². The number of aryl methyl sites for hydroxylation is 1. The molecule has 90 valence electrons. The molecule has 3 rings (SSSR count).